The molecular formula is C29H28FN3O2. The Morgan fingerprint density at radius 1 is 1.14 bits per heavy atom. The highest BCUT2D eigenvalue weighted by Crippen LogP contribution is 2.68. The van der Waals surface area contributed by atoms with E-state index in [9.17, 15) is 19.9 Å². The first-order valence-electron chi connectivity index (χ1n) is 12.6. The van der Waals surface area contributed by atoms with Gasteiger partial charge in [-0.25, -0.2) is 9.37 Å². The molecule has 35 heavy (non-hydrogen) atoms. The van der Waals surface area contributed by atoms with E-state index in [4.69, 9.17) is 0 Å². The second kappa shape index (κ2) is 7.25. The van der Waals surface area contributed by atoms with Crippen molar-refractivity contribution in [3.8, 4) is 17.3 Å². The van der Waals surface area contributed by atoms with Gasteiger partial charge in [0.15, 0.2) is 0 Å². The van der Waals surface area contributed by atoms with E-state index in [1.807, 2.05) is 28.8 Å². The third kappa shape index (κ3) is 2.83. The monoisotopic (exact) mass is 469 g/mol. The molecule has 6 heteroatoms. The van der Waals surface area contributed by atoms with Crippen molar-refractivity contribution in [2.45, 2.75) is 56.3 Å². The highest BCUT2D eigenvalue weighted by molar-refractivity contribution is 5.69. The summed E-state index contributed by atoms with van der Waals surface area (Å²) in [5.74, 6) is 0.348. The maximum Gasteiger partial charge on any atom is 0.129 e. The Hall–Kier alpha value is -3.01. The fourth-order valence-electron chi connectivity index (χ4n) is 8.45. The Morgan fingerprint density at radius 3 is 2.69 bits per heavy atom. The number of nitrogens with zero attached hydrogens (tertiary/aromatic N) is 3. The molecule has 178 valence electrons. The maximum atomic E-state index is 15.0. The quantitative estimate of drug-likeness (QED) is 0.568. The van der Waals surface area contributed by atoms with Gasteiger partial charge >= 0.3 is 0 Å². The number of rotatable bonds is 4. The zero-order valence-corrected chi connectivity index (χ0v) is 19.4. The Labute approximate surface area is 203 Å². The molecule has 2 N–H and O–H groups in total. The van der Waals surface area contributed by atoms with Crippen molar-refractivity contribution < 1.29 is 14.6 Å². The molecule has 4 atom stereocenters. The zero-order chi connectivity index (χ0) is 23.9. The van der Waals surface area contributed by atoms with Crippen LogP contribution in [0.4, 0.5) is 4.39 Å². The van der Waals surface area contributed by atoms with Gasteiger partial charge in [0.1, 0.15) is 5.82 Å². The predicted octanol–water partition coefficient (Wildman–Crippen LogP) is 4.93. The Bertz CT molecular complexity index is 1360. The van der Waals surface area contributed by atoms with Crippen LogP contribution in [0.5, 0.6) is 0 Å². The summed E-state index contributed by atoms with van der Waals surface area (Å²) in [5.41, 5.74) is 2.58. The lowest BCUT2D eigenvalue weighted by Crippen LogP contribution is -2.62. The molecule has 3 aromatic rings. The number of hydrogen-bond acceptors (Lipinski definition) is 4. The maximum absolute atomic E-state index is 15.0. The number of fused-ring (bicyclic) bond motifs is 3. The summed E-state index contributed by atoms with van der Waals surface area (Å²) in [7, 11) is 0. The number of hydrogen-bond donors (Lipinski definition) is 2. The molecule has 4 saturated carbocycles. The third-order valence-corrected chi connectivity index (χ3v) is 9.75. The highest BCUT2D eigenvalue weighted by Gasteiger charge is 2.64. The van der Waals surface area contributed by atoms with Crippen LogP contribution < -0.4 is 0 Å². The minimum Gasteiger partial charge on any atom is -0.392 e. The van der Waals surface area contributed by atoms with E-state index in [0.29, 0.717) is 23.5 Å². The third-order valence-electron chi connectivity index (χ3n) is 9.75. The van der Waals surface area contributed by atoms with Crippen molar-refractivity contribution in [1.82, 2.24) is 9.55 Å². The standard InChI is InChI=1S/C29H28FN3O2/c30-23-6-2-5-22-25-15-32-16-33(25)24(27(22)23)10-26(34)28-11-18-8-20(12-28)29(35,21(9-18)13-28)19-4-1-3-17(7-19)14-31/h1-7,15-16,18,20-21,24,26,34-35H,8-13H2. The molecule has 2 aromatic carbocycles. The number of halogens is 1. The molecule has 4 fully saturated rings. The van der Waals surface area contributed by atoms with Crippen molar-refractivity contribution in [3.05, 3.63) is 77.5 Å². The molecule has 4 unspecified atom stereocenters. The van der Waals surface area contributed by atoms with Gasteiger partial charge in [0.05, 0.1) is 47.6 Å². The fraction of sp³-hybridized carbons (Fsp3) is 0.448. The Kier molecular flexibility index (Phi) is 4.41. The van der Waals surface area contributed by atoms with E-state index in [-0.39, 0.29) is 29.1 Å². The summed E-state index contributed by atoms with van der Waals surface area (Å²) >= 11 is 0. The summed E-state index contributed by atoms with van der Waals surface area (Å²) in [6, 6.07) is 14.5. The Balaban J connectivity index is 1.22. The lowest BCUT2D eigenvalue weighted by molar-refractivity contribution is -0.230. The van der Waals surface area contributed by atoms with Crippen LogP contribution in [0.3, 0.4) is 0 Å². The second-order valence-electron chi connectivity index (χ2n) is 11.4. The molecule has 4 aliphatic carbocycles. The molecule has 1 aromatic heterocycles. The summed E-state index contributed by atoms with van der Waals surface area (Å²) in [6.45, 7) is 0. The van der Waals surface area contributed by atoms with E-state index in [1.54, 1.807) is 24.7 Å². The van der Waals surface area contributed by atoms with Crippen molar-refractivity contribution in [2.75, 3.05) is 0 Å². The summed E-state index contributed by atoms with van der Waals surface area (Å²) in [5, 5.41) is 33.3. The molecule has 5 nitrogen and oxygen atoms in total. The van der Waals surface area contributed by atoms with Crippen LogP contribution in [0.1, 0.15) is 61.3 Å². The summed E-state index contributed by atoms with van der Waals surface area (Å²) < 4.78 is 17.0. The van der Waals surface area contributed by atoms with Gasteiger partial charge in [0, 0.05) is 11.1 Å². The molecule has 2 heterocycles. The van der Waals surface area contributed by atoms with E-state index in [0.717, 1.165) is 48.9 Å². The first-order chi connectivity index (χ1) is 16.9. The van der Waals surface area contributed by atoms with E-state index < -0.39 is 11.7 Å². The number of benzene rings is 2. The summed E-state index contributed by atoms with van der Waals surface area (Å²) in [6.07, 6.45) is 7.71. The molecule has 4 bridgehead atoms. The minimum absolute atomic E-state index is 0.0498. The van der Waals surface area contributed by atoms with Crippen LogP contribution in [0.2, 0.25) is 0 Å². The number of nitriles is 1. The first-order valence-corrected chi connectivity index (χ1v) is 12.6. The zero-order valence-electron chi connectivity index (χ0n) is 19.4. The average Bonchev–Trinajstić information content (AvgIpc) is 3.45. The van der Waals surface area contributed by atoms with Gasteiger partial charge in [-0.1, -0.05) is 24.3 Å². The van der Waals surface area contributed by atoms with Gasteiger partial charge in [0.2, 0.25) is 0 Å². The number of aromatic nitrogens is 2. The van der Waals surface area contributed by atoms with Gasteiger partial charge < -0.3 is 14.8 Å². The smallest absolute Gasteiger partial charge is 0.129 e. The van der Waals surface area contributed by atoms with Gasteiger partial charge in [0.25, 0.3) is 0 Å². The van der Waals surface area contributed by atoms with Crippen molar-refractivity contribution in [1.29, 1.82) is 5.26 Å². The van der Waals surface area contributed by atoms with Gasteiger partial charge in [-0.2, -0.15) is 5.26 Å². The fourth-order valence-corrected chi connectivity index (χ4v) is 8.45. The van der Waals surface area contributed by atoms with E-state index in [2.05, 4.69) is 11.1 Å². The molecule has 1 aliphatic heterocycles. The van der Waals surface area contributed by atoms with Crippen molar-refractivity contribution >= 4 is 0 Å². The van der Waals surface area contributed by atoms with E-state index >= 15 is 0 Å². The van der Waals surface area contributed by atoms with Gasteiger partial charge in [-0.3, -0.25) is 0 Å². The molecular weight excluding hydrogens is 441 g/mol. The molecule has 8 rings (SSSR count). The topological polar surface area (TPSA) is 82.1 Å². The van der Waals surface area contributed by atoms with E-state index in [1.165, 1.54) is 6.07 Å². The van der Waals surface area contributed by atoms with Gasteiger partial charge in [-0.15, -0.1) is 0 Å². The Morgan fingerprint density at radius 2 is 1.91 bits per heavy atom. The second-order valence-corrected chi connectivity index (χ2v) is 11.4. The minimum atomic E-state index is -0.962. The van der Waals surface area contributed by atoms with Crippen LogP contribution in [0.15, 0.2) is 55.0 Å². The number of aliphatic hydroxyl groups is 2. The lowest BCUT2D eigenvalue weighted by atomic mass is 9.42. The van der Waals surface area contributed by atoms with Gasteiger partial charge in [-0.05, 0) is 85.5 Å². The summed E-state index contributed by atoms with van der Waals surface area (Å²) in [4.78, 5) is 4.29. The lowest BCUT2D eigenvalue weighted by Gasteiger charge is -2.65. The van der Waals surface area contributed by atoms with Crippen LogP contribution in [-0.4, -0.2) is 25.9 Å². The SMILES string of the molecule is N#Cc1cccc(C2(O)C3CC4CC2CC(C(O)CC2c5c(F)cccc5-c5cncn52)(C4)C3)c1. The van der Waals surface area contributed by atoms with Crippen LogP contribution in [0, 0.1) is 40.3 Å². The normalized spacial score (nSPS) is 34.9. The molecule has 0 saturated heterocycles. The van der Waals surface area contributed by atoms with Crippen LogP contribution in [-0.2, 0) is 5.60 Å². The van der Waals surface area contributed by atoms with Crippen molar-refractivity contribution in [2.24, 2.45) is 23.2 Å². The molecule has 0 spiro atoms. The average molecular weight is 470 g/mol. The molecule has 5 aliphatic rings. The first kappa shape index (κ1) is 21.3. The molecule has 0 radical (unpaired) electrons. The van der Waals surface area contributed by atoms with Crippen LogP contribution in [0.25, 0.3) is 11.3 Å². The van der Waals surface area contributed by atoms with Crippen LogP contribution >= 0.6 is 0 Å². The largest absolute Gasteiger partial charge is 0.392 e. The molecule has 0 amide bonds. The number of imidazole rings is 1. The van der Waals surface area contributed by atoms with Crippen molar-refractivity contribution in [3.63, 3.8) is 0 Å². The predicted molar refractivity (Wildman–Crippen MR) is 127 cm³/mol. The highest BCUT2D eigenvalue weighted by atomic mass is 19.1. The number of aliphatic hydroxyl groups excluding tert-OH is 1.